The zero-order chi connectivity index (χ0) is 15.9. The maximum atomic E-state index is 12.3. The van der Waals surface area contributed by atoms with E-state index in [-0.39, 0.29) is 29.9 Å². The molecule has 1 saturated heterocycles. The SMILES string of the molecule is CCCN(C(=O)CNC(=O)c1ncccc1O)C1CCNC1. The summed E-state index contributed by atoms with van der Waals surface area (Å²) in [4.78, 5) is 29.9. The maximum Gasteiger partial charge on any atom is 0.274 e. The molecule has 1 aliphatic heterocycles. The molecule has 0 bridgehead atoms. The highest BCUT2D eigenvalue weighted by atomic mass is 16.3. The van der Waals surface area contributed by atoms with Gasteiger partial charge in [-0.2, -0.15) is 0 Å². The van der Waals surface area contributed by atoms with Crippen molar-refractivity contribution in [1.29, 1.82) is 0 Å². The van der Waals surface area contributed by atoms with Crippen LogP contribution in [0.15, 0.2) is 18.3 Å². The largest absolute Gasteiger partial charge is 0.505 e. The first kappa shape index (κ1) is 16.2. The van der Waals surface area contributed by atoms with Crippen molar-refractivity contribution in [2.24, 2.45) is 0 Å². The van der Waals surface area contributed by atoms with Gasteiger partial charge in [0.05, 0.1) is 6.54 Å². The number of carbonyl (C=O) groups is 2. The number of pyridine rings is 1. The lowest BCUT2D eigenvalue weighted by Gasteiger charge is -2.28. The van der Waals surface area contributed by atoms with E-state index in [1.165, 1.54) is 18.3 Å². The van der Waals surface area contributed by atoms with E-state index in [9.17, 15) is 14.7 Å². The Morgan fingerprint density at radius 2 is 2.36 bits per heavy atom. The Balaban J connectivity index is 1.92. The Hall–Kier alpha value is -2.15. The molecule has 2 rings (SSSR count). The third-order valence-electron chi connectivity index (χ3n) is 3.66. The summed E-state index contributed by atoms with van der Waals surface area (Å²) in [6.45, 7) is 4.31. The molecule has 0 radical (unpaired) electrons. The second-order valence-corrected chi connectivity index (χ2v) is 5.29. The predicted molar refractivity (Wildman–Crippen MR) is 81.5 cm³/mol. The number of aromatic hydroxyl groups is 1. The lowest BCUT2D eigenvalue weighted by atomic mass is 10.2. The van der Waals surface area contributed by atoms with E-state index in [0.717, 1.165) is 25.9 Å². The number of hydrogen-bond donors (Lipinski definition) is 3. The highest BCUT2D eigenvalue weighted by Crippen LogP contribution is 2.12. The van der Waals surface area contributed by atoms with Gasteiger partial charge in [-0.3, -0.25) is 9.59 Å². The van der Waals surface area contributed by atoms with Crippen LogP contribution >= 0.6 is 0 Å². The lowest BCUT2D eigenvalue weighted by Crippen LogP contribution is -2.46. The number of hydrogen-bond acceptors (Lipinski definition) is 5. The summed E-state index contributed by atoms with van der Waals surface area (Å²) in [5, 5.41) is 15.4. The van der Waals surface area contributed by atoms with Crippen LogP contribution in [0.5, 0.6) is 5.75 Å². The summed E-state index contributed by atoms with van der Waals surface area (Å²) in [5.41, 5.74) is -0.0696. The Morgan fingerprint density at radius 1 is 1.55 bits per heavy atom. The van der Waals surface area contributed by atoms with Gasteiger partial charge in [-0.1, -0.05) is 6.92 Å². The Bertz CT molecular complexity index is 529. The molecule has 22 heavy (non-hydrogen) atoms. The van der Waals surface area contributed by atoms with Crippen LogP contribution in [-0.4, -0.2) is 59.0 Å². The minimum absolute atomic E-state index is 0.0696. The molecule has 2 heterocycles. The van der Waals surface area contributed by atoms with Crippen molar-refractivity contribution in [3.05, 3.63) is 24.0 Å². The van der Waals surface area contributed by atoms with Gasteiger partial charge in [0.1, 0.15) is 5.75 Å². The zero-order valence-electron chi connectivity index (χ0n) is 12.7. The van der Waals surface area contributed by atoms with Gasteiger partial charge >= 0.3 is 0 Å². The molecule has 2 amide bonds. The van der Waals surface area contributed by atoms with Crippen LogP contribution in [-0.2, 0) is 4.79 Å². The average molecular weight is 306 g/mol. The molecule has 0 aromatic carbocycles. The smallest absolute Gasteiger partial charge is 0.274 e. The van der Waals surface area contributed by atoms with E-state index in [0.29, 0.717) is 6.54 Å². The molecular formula is C15H22N4O3. The standard InChI is InChI=1S/C15H22N4O3/c1-2-8-19(11-5-7-16-9-11)13(21)10-18-15(22)14-12(20)4-3-6-17-14/h3-4,6,11,16,20H,2,5,7-10H2,1H3,(H,18,22). The van der Waals surface area contributed by atoms with Gasteiger partial charge in [0.2, 0.25) is 5.91 Å². The van der Waals surface area contributed by atoms with E-state index >= 15 is 0 Å². The molecule has 1 fully saturated rings. The first-order chi connectivity index (χ1) is 10.6. The molecule has 1 unspecified atom stereocenters. The van der Waals surface area contributed by atoms with Crippen molar-refractivity contribution in [3.63, 3.8) is 0 Å². The molecule has 1 aliphatic rings. The number of rotatable bonds is 6. The van der Waals surface area contributed by atoms with Crippen LogP contribution in [0.3, 0.4) is 0 Å². The third kappa shape index (κ3) is 3.94. The second kappa shape index (κ2) is 7.74. The van der Waals surface area contributed by atoms with Crippen LogP contribution < -0.4 is 10.6 Å². The van der Waals surface area contributed by atoms with Crippen LogP contribution in [0, 0.1) is 0 Å². The zero-order valence-corrected chi connectivity index (χ0v) is 12.7. The van der Waals surface area contributed by atoms with Gasteiger partial charge in [-0.05, 0) is 31.5 Å². The number of aromatic nitrogens is 1. The predicted octanol–water partition coefficient (Wildman–Crippen LogP) is 0.117. The molecule has 0 spiro atoms. The summed E-state index contributed by atoms with van der Waals surface area (Å²) in [6, 6.07) is 3.11. The molecule has 7 heteroatoms. The summed E-state index contributed by atoms with van der Waals surface area (Å²) in [6.07, 6.45) is 3.22. The number of nitrogens with zero attached hydrogens (tertiary/aromatic N) is 2. The lowest BCUT2D eigenvalue weighted by molar-refractivity contribution is -0.132. The molecule has 1 aromatic heterocycles. The maximum absolute atomic E-state index is 12.3. The topological polar surface area (TPSA) is 94.6 Å². The first-order valence-electron chi connectivity index (χ1n) is 7.55. The Labute approximate surface area is 129 Å². The molecule has 120 valence electrons. The van der Waals surface area contributed by atoms with Crippen molar-refractivity contribution in [1.82, 2.24) is 20.5 Å². The van der Waals surface area contributed by atoms with Crippen LogP contribution in [0.1, 0.15) is 30.3 Å². The van der Waals surface area contributed by atoms with Crippen LogP contribution in [0.4, 0.5) is 0 Å². The quantitative estimate of drug-likeness (QED) is 0.694. The van der Waals surface area contributed by atoms with Crippen molar-refractivity contribution >= 4 is 11.8 Å². The number of nitrogens with one attached hydrogen (secondary N) is 2. The summed E-state index contributed by atoms with van der Waals surface area (Å²) < 4.78 is 0. The molecule has 1 atom stereocenters. The van der Waals surface area contributed by atoms with E-state index in [1.54, 1.807) is 0 Å². The average Bonchev–Trinajstić information content (AvgIpc) is 3.04. The Morgan fingerprint density at radius 3 is 3.00 bits per heavy atom. The highest BCUT2D eigenvalue weighted by Gasteiger charge is 2.26. The van der Waals surface area contributed by atoms with Crippen molar-refractivity contribution in [2.75, 3.05) is 26.2 Å². The van der Waals surface area contributed by atoms with Crippen molar-refractivity contribution < 1.29 is 14.7 Å². The van der Waals surface area contributed by atoms with Crippen LogP contribution in [0.2, 0.25) is 0 Å². The second-order valence-electron chi connectivity index (χ2n) is 5.29. The fourth-order valence-electron chi connectivity index (χ4n) is 2.57. The number of carbonyl (C=O) groups excluding carboxylic acids is 2. The highest BCUT2D eigenvalue weighted by molar-refractivity contribution is 5.96. The van der Waals surface area contributed by atoms with Crippen molar-refractivity contribution in [2.45, 2.75) is 25.8 Å². The first-order valence-corrected chi connectivity index (χ1v) is 7.55. The summed E-state index contributed by atoms with van der Waals surface area (Å²) in [5.74, 6) is -0.857. The minimum atomic E-state index is -0.549. The van der Waals surface area contributed by atoms with Crippen molar-refractivity contribution in [3.8, 4) is 5.75 Å². The van der Waals surface area contributed by atoms with Gasteiger partial charge in [-0.25, -0.2) is 4.98 Å². The minimum Gasteiger partial charge on any atom is -0.505 e. The molecule has 1 aromatic rings. The third-order valence-corrected chi connectivity index (χ3v) is 3.66. The molecular weight excluding hydrogens is 284 g/mol. The van der Waals surface area contributed by atoms with E-state index in [2.05, 4.69) is 15.6 Å². The Kier molecular flexibility index (Phi) is 5.71. The molecule has 0 saturated carbocycles. The molecule has 0 aliphatic carbocycles. The van der Waals surface area contributed by atoms with Gasteiger partial charge in [0, 0.05) is 25.3 Å². The summed E-state index contributed by atoms with van der Waals surface area (Å²) >= 11 is 0. The van der Waals surface area contributed by atoms with Crippen LogP contribution in [0.25, 0.3) is 0 Å². The van der Waals surface area contributed by atoms with Gasteiger partial charge in [-0.15, -0.1) is 0 Å². The molecule has 3 N–H and O–H groups in total. The summed E-state index contributed by atoms with van der Waals surface area (Å²) in [7, 11) is 0. The van der Waals surface area contributed by atoms with E-state index in [1.807, 2.05) is 11.8 Å². The van der Waals surface area contributed by atoms with E-state index in [4.69, 9.17) is 0 Å². The van der Waals surface area contributed by atoms with Gasteiger partial charge < -0.3 is 20.6 Å². The normalized spacial score (nSPS) is 17.2. The van der Waals surface area contributed by atoms with Gasteiger partial charge in [0.15, 0.2) is 5.69 Å². The number of amides is 2. The van der Waals surface area contributed by atoms with E-state index < -0.39 is 5.91 Å². The fourth-order valence-corrected chi connectivity index (χ4v) is 2.57. The monoisotopic (exact) mass is 306 g/mol. The van der Waals surface area contributed by atoms with Gasteiger partial charge in [0.25, 0.3) is 5.91 Å². The fraction of sp³-hybridized carbons (Fsp3) is 0.533. The molecule has 7 nitrogen and oxygen atoms in total.